The standard InChI is InChI=1S/C19H36ClNO3/c1-3-4-5-6-9-12-15-18(21-23)17(20)14-11-8-7-10-13-16-19(22)24-2/h17,23H,3-16H2,1-2H3. The van der Waals surface area contributed by atoms with Crippen molar-refractivity contribution in [2.24, 2.45) is 5.16 Å². The van der Waals surface area contributed by atoms with Gasteiger partial charge in [0.15, 0.2) is 0 Å². The second kappa shape index (κ2) is 17.1. The number of halogens is 1. The van der Waals surface area contributed by atoms with E-state index >= 15 is 0 Å². The zero-order valence-electron chi connectivity index (χ0n) is 15.6. The van der Waals surface area contributed by atoms with E-state index in [1.54, 1.807) is 0 Å². The van der Waals surface area contributed by atoms with Crippen molar-refractivity contribution in [2.45, 2.75) is 102 Å². The van der Waals surface area contributed by atoms with E-state index in [-0.39, 0.29) is 11.3 Å². The molecule has 0 saturated heterocycles. The lowest BCUT2D eigenvalue weighted by molar-refractivity contribution is -0.140. The predicted molar refractivity (Wildman–Crippen MR) is 101 cm³/mol. The maximum Gasteiger partial charge on any atom is 0.305 e. The molecule has 4 nitrogen and oxygen atoms in total. The number of hydrogen-bond donors (Lipinski definition) is 1. The molecule has 0 rings (SSSR count). The molecule has 0 aromatic heterocycles. The fourth-order valence-electron chi connectivity index (χ4n) is 2.75. The number of nitrogens with zero attached hydrogens (tertiary/aromatic N) is 1. The summed E-state index contributed by atoms with van der Waals surface area (Å²) in [5.41, 5.74) is 0.734. The van der Waals surface area contributed by atoms with Crippen LogP contribution in [0, 0.1) is 0 Å². The maximum absolute atomic E-state index is 11.0. The molecule has 0 amide bonds. The summed E-state index contributed by atoms with van der Waals surface area (Å²) < 4.78 is 4.61. The molecule has 24 heavy (non-hydrogen) atoms. The first-order valence-corrected chi connectivity index (χ1v) is 10.0. The van der Waals surface area contributed by atoms with Crippen LogP contribution in [-0.2, 0) is 9.53 Å². The average Bonchev–Trinajstić information content (AvgIpc) is 2.59. The Morgan fingerprint density at radius 3 is 2.08 bits per heavy atom. The van der Waals surface area contributed by atoms with Crippen LogP contribution in [0.25, 0.3) is 0 Å². The van der Waals surface area contributed by atoms with Crippen LogP contribution in [0.4, 0.5) is 0 Å². The summed E-state index contributed by atoms with van der Waals surface area (Å²) in [5, 5.41) is 12.4. The number of rotatable bonds is 16. The molecule has 142 valence electrons. The Bertz CT molecular complexity index is 335. The van der Waals surface area contributed by atoms with Gasteiger partial charge in [0.2, 0.25) is 0 Å². The highest BCUT2D eigenvalue weighted by atomic mass is 35.5. The summed E-state index contributed by atoms with van der Waals surface area (Å²) >= 11 is 6.36. The SMILES string of the molecule is CCCCCCCCC(=NO)C(Cl)CCCCCCCC(=O)OC. The number of methoxy groups -OCH3 is 1. The maximum atomic E-state index is 11.0. The summed E-state index contributed by atoms with van der Waals surface area (Å²) in [5.74, 6) is -0.130. The zero-order valence-corrected chi connectivity index (χ0v) is 16.3. The van der Waals surface area contributed by atoms with Crippen LogP contribution in [0.2, 0.25) is 0 Å². The highest BCUT2D eigenvalue weighted by Crippen LogP contribution is 2.17. The van der Waals surface area contributed by atoms with Gasteiger partial charge in [0, 0.05) is 6.42 Å². The highest BCUT2D eigenvalue weighted by molar-refractivity contribution is 6.32. The monoisotopic (exact) mass is 361 g/mol. The number of carbonyl (C=O) groups is 1. The Kier molecular flexibility index (Phi) is 16.5. The van der Waals surface area contributed by atoms with Gasteiger partial charge in [-0.3, -0.25) is 4.79 Å². The average molecular weight is 362 g/mol. The van der Waals surface area contributed by atoms with Crippen LogP contribution >= 0.6 is 11.6 Å². The van der Waals surface area contributed by atoms with Gasteiger partial charge in [0.25, 0.3) is 0 Å². The Labute approximate surface area is 153 Å². The normalized spacial score (nSPS) is 13.0. The van der Waals surface area contributed by atoms with Gasteiger partial charge in [-0.1, -0.05) is 69.9 Å². The zero-order chi connectivity index (χ0) is 18.0. The predicted octanol–water partition coefficient (Wildman–Crippen LogP) is 6.08. The molecule has 0 aromatic rings. The van der Waals surface area contributed by atoms with Crippen molar-refractivity contribution in [2.75, 3.05) is 7.11 Å². The quantitative estimate of drug-likeness (QED) is 0.0904. The van der Waals surface area contributed by atoms with Crippen molar-refractivity contribution >= 4 is 23.3 Å². The molecule has 0 fully saturated rings. The van der Waals surface area contributed by atoms with Crippen LogP contribution in [0.1, 0.15) is 96.8 Å². The van der Waals surface area contributed by atoms with Crippen LogP contribution in [0.15, 0.2) is 5.16 Å². The van der Waals surface area contributed by atoms with E-state index in [9.17, 15) is 4.79 Å². The topological polar surface area (TPSA) is 58.9 Å². The van der Waals surface area contributed by atoms with E-state index in [4.69, 9.17) is 16.8 Å². The van der Waals surface area contributed by atoms with E-state index in [1.165, 1.54) is 39.2 Å². The molecule has 0 aromatic carbocycles. The van der Waals surface area contributed by atoms with E-state index < -0.39 is 0 Å². The Hall–Kier alpha value is -0.770. The van der Waals surface area contributed by atoms with Crippen molar-refractivity contribution in [3.63, 3.8) is 0 Å². The molecule has 0 heterocycles. The number of oxime groups is 1. The van der Waals surface area contributed by atoms with Crippen LogP contribution < -0.4 is 0 Å². The minimum atomic E-state index is -0.152. The first-order chi connectivity index (χ1) is 11.7. The molecule has 0 saturated carbocycles. The lowest BCUT2D eigenvalue weighted by Crippen LogP contribution is -2.14. The number of alkyl halides is 1. The molecule has 0 aliphatic rings. The van der Waals surface area contributed by atoms with Crippen LogP contribution in [-0.4, -0.2) is 29.4 Å². The molecule has 1 unspecified atom stereocenters. The largest absolute Gasteiger partial charge is 0.469 e. The van der Waals surface area contributed by atoms with Crippen molar-refractivity contribution in [3.8, 4) is 0 Å². The van der Waals surface area contributed by atoms with Crippen molar-refractivity contribution in [1.82, 2.24) is 0 Å². The number of unbranched alkanes of at least 4 members (excludes halogenated alkanes) is 9. The molecule has 0 spiro atoms. The summed E-state index contributed by atoms with van der Waals surface area (Å²) in [6.45, 7) is 2.22. The minimum absolute atomic E-state index is 0.130. The number of esters is 1. The third-order valence-electron chi connectivity index (χ3n) is 4.34. The highest BCUT2D eigenvalue weighted by Gasteiger charge is 2.13. The molecule has 0 bridgehead atoms. The van der Waals surface area contributed by atoms with Crippen LogP contribution in [0.5, 0.6) is 0 Å². The smallest absolute Gasteiger partial charge is 0.305 e. The molecular weight excluding hydrogens is 326 g/mol. The van der Waals surface area contributed by atoms with E-state index in [2.05, 4.69) is 16.8 Å². The summed E-state index contributed by atoms with van der Waals surface area (Å²) in [6, 6.07) is 0. The summed E-state index contributed by atoms with van der Waals surface area (Å²) in [7, 11) is 1.43. The van der Waals surface area contributed by atoms with E-state index in [0.29, 0.717) is 6.42 Å². The number of carbonyl (C=O) groups excluding carboxylic acids is 1. The van der Waals surface area contributed by atoms with Gasteiger partial charge in [-0.2, -0.15) is 0 Å². The second-order valence-electron chi connectivity index (χ2n) is 6.46. The lowest BCUT2D eigenvalue weighted by Gasteiger charge is -2.11. The van der Waals surface area contributed by atoms with Crippen LogP contribution in [0.3, 0.4) is 0 Å². The van der Waals surface area contributed by atoms with Gasteiger partial charge in [0.05, 0.1) is 18.2 Å². The van der Waals surface area contributed by atoms with Crippen molar-refractivity contribution in [1.29, 1.82) is 0 Å². The fraction of sp³-hybridized carbons (Fsp3) is 0.895. The van der Waals surface area contributed by atoms with Gasteiger partial charge in [-0.25, -0.2) is 0 Å². The van der Waals surface area contributed by atoms with E-state index in [0.717, 1.165) is 57.1 Å². The molecule has 1 atom stereocenters. The Morgan fingerprint density at radius 1 is 0.958 bits per heavy atom. The fourth-order valence-corrected chi connectivity index (χ4v) is 3.05. The molecule has 5 heteroatoms. The van der Waals surface area contributed by atoms with Crippen molar-refractivity contribution in [3.05, 3.63) is 0 Å². The Morgan fingerprint density at radius 2 is 1.50 bits per heavy atom. The van der Waals surface area contributed by atoms with Gasteiger partial charge in [-0.15, -0.1) is 11.6 Å². The number of ether oxygens (including phenoxy) is 1. The van der Waals surface area contributed by atoms with Gasteiger partial charge >= 0.3 is 5.97 Å². The summed E-state index contributed by atoms with van der Waals surface area (Å²) in [4.78, 5) is 11.0. The lowest BCUT2D eigenvalue weighted by atomic mass is 10.0. The molecule has 0 aliphatic carbocycles. The van der Waals surface area contributed by atoms with Gasteiger partial charge < -0.3 is 9.94 Å². The Balaban J connectivity index is 3.61. The molecule has 0 radical (unpaired) electrons. The molecule has 0 aliphatic heterocycles. The third-order valence-corrected chi connectivity index (χ3v) is 4.81. The van der Waals surface area contributed by atoms with E-state index in [1.807, 2.05) is 0 Å². The summed E-state index contributed by atoms with van der Waals surface area (Å²) in [6.07, 6.45) is 14.7. The second-order valence-corrected chi connectivity index (χ2v) is 6.99. The van der Waals surface area contributed by atoms with Gasteiger partial charge in [-0.05, 0) is 25.7 Å². The van der Waals surface area contributed by atoms with Gasteiger partial charge in [0.1, 0.15) is 0 Å². The molecule has 1 N–H and O–H groups in total. The van der Waals surface area contributed by atoms with Crippen molar-refractivity contribution < 1.29 is 14.7 Å². The third kappa shape index (κ3) is 13.6. The minimum Gasteiger partial charge on any atom is -0.469 e. The molecular formula is C19H36ClNO3. The number of hydrogen-bond acceptors (Lipinski definition) is 4. The first-order valence-electron chi connectivity index (χ1n) is 9.57. The first kappa shape index (κ1) is 23.2.